The third kappa shape index (κ3) is 40.6. The monoisotopic (exact) mass is 1670 g/mol. The second-order valence-corrected chi connectivity index (χ2v) is 31.1. The Bertz CT molecular complexity index is 3680. The Morgan fingerprint density at radius 2 is 0.568 bits per heavy atom. The molecule has 0 aliphatic carbocycles. The number of phenols is 2. The minimum absolute atomic E-state index is 0.0123. The maximum absolute atomic E-state index is 14.8. The van der Waals surface area contributed by atoms with Crippen LogP contribution in [0.4, 0.5) is 0 Å². The zero-order valence-electron chi connectivity index (χ0n) is 68.7. The number of unbranched alkanes of at least 4 members (excludes halogenated alkanes) is 2. The van der Waals surface area contributed by atoms with Gasteiger partial charge in [-0.15, -0.1) is 0 Å². The summed E-state index contributed by atoms with van der Waals surface area (Å²) in [7, 11) is 0. The lowest BCUT2D eigenvalue weighted by Gasteiger charge is -2.29. The van der Waals surface area contributed by atoms with Crippen molar-refractivity contribution >= 4 is 101 Å². The molecule has 40 heteroatoms. The molecule has 0 aliphatic rings. The number of benzene rings is 2. The molecule has 2 aromatic carbocycles. The van der Waals surface area contributed by atoms with Crippen molar-refractivity contribution in [2.45, 2.75) is 275 Å². The number of hydrogen-bond donors (Lipinski definition) is 23. The highest BCUT2D eigenvalue weighted by atomic mass is 16.4. The molecule has 2 aromatic rings. The van der Waals surface area contributed by atoms with Gasteiger partial charge in [0.2, 0.25) is 88.6 Å². The van der Waals surface area contributed by atoms with E-state index in [4.69, 9.17) is 34.4 Å². The molecular formula is C78H126N18O22. The number of aliphatic hydroxyl groups excluding tert-OH is 1. The van der Waals surface area contributed by atoms with Crippen molar-refractivity contribution in [3.8, 4) is 11.5 Å². The van der Waals surface area contributed by atoms with Gasteiger partial charge >= 0.3 is 11.9 Å². The fourth-order valence-electron chi connectivity index (χ4n) is 12.2. The predicted octanol–water partition coefficient (Wildman–Crippen LogP) is -3.40. The molecule has 2 rings (SSSR count). The summed E-state index contributed by atoms with van der Waals surface area (Å²) in [5.74, 6) is -19.5. The number of phenolic OH excluding ortho intramolecular Hbond substituents is 2. The number of hydrogen-bond acceptors (Lipinski definition) is 23. The van der Waals surface area contributed by atoms with Crippen molar-refractivity contribution in [1.29, 1.82) is 0 Å². The molecule has 40 nitrogen and oxygen atoms in total. The maximum atomic E-state index is 14.8. The summed E-state index contributed by atoms with van der Waals surface area (Å²) in [6, 6.07) is -9.61. The molecule has 29 N–H and O–H groups in total. The Labute approximate surface area is 686 Å². The molecule has 0 heterocycles. The molecule has 0 saturated carbocycles. The van der Waals surface area contributed by atoms with E-state index >= 15 is 0 Å². The SMILES string of the molecule is CC(C)C[C@H](NC(=O)[C@H](CCC(=O)O)NC(=O)[C@H](CCC(N)=O)NC(=O)[C@H](Cc1ccc(O)cc1)NC(=O)[C@@H](N)CC(C)C)C(=O)N[C@@H](CCC(N)=O)C(=O)N[C@@H](CCCCN)C(=O)N[C@@H](CC(C)C)C(=O)N[C@@H](Cc1ccc(O)cc1)C(=O)N[C@@H](CCC(N)=O)C(=O)N[C@H](C(=O)N[C@@H](CC(C)C)C(=O)N[C@@H](CCCCN)C(=O)O)[C@@H](C)O. The lowest BCUT2D eigenvalue weighted by Crippen LogP contribution is -2.62. The van der Waals surface area contributed by atoms with Crippen LogP contribution >= 0.6 is 0 Å². The van der Waals surface area contributed by atoms with Gasteiger partial charge in [-0.2, -0.15) is 0 Å². The number of carbonyl (C=O) groups excluding carboxylic acids is 15. The van der Waals surface area contributed by atoms with Gasteiger partial charge < -0.3 is 124 Å². The zero-order chi connectivity index (χ0) is 89.2. The summed E-state index contributed by atoms with van der Waals surface area (Å²) < 4.78 is 0. The highest BCUT2D eigenvalue weighted by Gasteiger charge is 2.39. The van der Waals surface area contributed by atoms with Gasteiger partial charge in [-0.25, -0.2) is 4.79 Å². The second-order valence-electron chi connectivity index (χ2n) is 31.1. The van der Waals surface area contributed by atoms with Crippen molar-refractivity contribution < 1.29 is 107 Å². The number of nitrogens with one attached hydrogen (secondary N) is 12. The quantitative estimate of drug-likeness (QED) is 0.0287. The maximum Gasteiger partial charge on any atom is 0.326 e. The number of primary amides is 3. The minimum atomic E-state index is -1.87. The molecule has 118 heavy (non-hydrogen) atoms. The summed E-state index contributed by atoms with van der Waals surface area (Å²) >= 11 is 0. The Hall–Kier alpha value is -11.1. The van der Waals surface area contributed by atoms with Crippen molar-refractivity contribution in [3.63, 3.8) is 0 Å². The van der Waals surface area contributed by atoms with E-state index in [1.54, 1.807) is 41.5 Å². The van der Waals surface area contributed by atoms with Gasteiger partial charge in [0.05, 0.1) is 12.1 Å². The van der Waals surface area contributed by atoms with E-state index in [-0.39, 0.29) is 101 Å². The first-order chi connectivity index (χ1) is 55.3. The number of aliphatic carboxylic acids is 2. The van der Waals surface area contributed by atoms with Crippen LogP contribution in [0.15, 0.2) is 48.5 Å². The van der Waals surface area contributed by atoms with Gasteiger partial charge in [0.25, 0.3) is 0 Å². The Balaban J connectivity index is 2.65. The fraction of sp³-hybridized carbons (Fsp3) is 0.628. The van der Waals surface area contributed by atoms with Crippen LogP contribution in [-0.4, -0.2) is 224 Å². The van der Waals surface area contributed by atoms with E-state index in [0.717, 1.165) is 6.92 Å². The van der Waals surface area contributed by atoms with E-state index in [1.165, 1.54) is 48.5 Å². The van der Waals surface area contributed by atoms with Gasteiger partial charge in [0, 0.05) is 38.5 Å². The second kappa shape index (κ2) is 53.2. The van der Waals surface area contributed by atoms with E-state index in [2.05, 4.69) is 63.8 Å². The van der Waals surface area contributed by atoms with Gasteiger partial charge in [-0.1, -0.05) is 79.7 Å². The lowest BCUT2D eigenvalue weighted by molar-refractivity contribution is -0.143. The molecule has 14 atom stereocenters. The molecule has 0 bridgehead atoms. The molecule has 15 amide bonds. The first-order valence-electron chi connectivity index (χ1n) is 39.7. The Morgan fingerprint density at radius 3 is 0.864 bits per heavy atom. The Kier molecular flexibility index (Phi) is 46.5. The molecule has 0 aromatic heterocycles. The number of aliphatic hydroxyl groups is 1. The third-order valence-electron chi connectivity index (χ3n) is 18.5. The summed E-state index contributed by atoms with van der Waals surface area (Å²) in [5, 5.41) is 80.7. The van der Waals surface area contributed by atoms with Crippen molar-refractivity contribution in [2.75, 3.05) is 13.1 Å². The van der Waals surface area contributed by atoms with E-state index in [1.807, 2.05) is 13.8 Å². The van der Waals surface area contributed by atoms with Crippen molar-refractivity contribution in [3.05, 3.63) is 59.7 Å². The average Bonchev–Trinajstić information content (AvgIpc) is 0.851. The van der Waals surface area contributed by atoms with Gasteiger partial charge in [-0.05, 0) is 169 Å². The third-order valence-corrected chi connectivity index (χ3v) is 18.5. The smallest absolute Gasteiger partial charge is 0.326 e. The van der Waals surface area contributed by atoms with Crippen molar-refractivity contribution in [1.82, 2.24) is 63.8 Å². The molecular weight excluding hydrogens is 1540 g/mol. The fourth-order valence-corrected chi connectivity index (χ4v) is 12.2. The molecule has 0 aliphatic heterocycles. The molecule has 0 saturated heterocycles. The van der Waals surface area contributed by atoms with Crippen LogP contribution in [0.3, 0.4) is 0 Å². The zero-order valence-corrected chi connectivity index (χ0v) is 68.7. The molecule has 0 radical (unpaired) electrons. The van der Waals surface area contributed by atoms with Crippen LogP contribution in [0.1, 0.15) is 189 Å². The summed E-state index contributed by atoms with van der Waals surface area (Å²) in [4.78, 5) is 233. The molecule has 0 fully saturated rings. The van der Waals surface area contributed by atoms with Crippen molar-refractivity contribution in [2.24, 2.45) is 58.1 Å². The van der Waals surface area contributed by atoms with Crippen LogP contribution in [-0.2, 0) is 94.3 Å². The number of amides is 15. The molecule has 0 spiro atoms. The van der Waals surface area contributed by atoms with Crippen LogP contribution in [0.5, 0.6) is 11.5 Å². The van der Waals surface area contributed by atoms with Crippen LogP contribution < -0.4 is 98.2 Å². The standard InChI is InChI=1S/C78H126N18O22/c1-40(2)34-49(81)66(105)91-59(38-45-16-20-47(98)21-17-45)75(114)88-52(25-29-62(83)101)69(108)86-54(27-31-64(103)104)70(109)93-56(35-41(3)4)72(111)87-51(24-28-61(82)100)68(107)85-50(14-10-12-32-79)67(106)92-57(36-42(5)6)74(113)94-60(39-46-18-22-48(99)23-19-46)76(115)89-53(26-30-63(84)102)71(110)96-65(44(9)97)77(116)95-58(37-43(7)8)73(112)90-55(78(117)118)15-11-13-33-80/h16-23,40-44,49-60,65,97-99H,10-15,24-39,79-81H2,1-9H3,(H2,82,100)(H2,83,101)(H2,84,102)(H,85,107)(H,86,108)(H,87,111)(H,88,114)(H,89,115)(H,90,112)(H,91,105)(H,92,106)(H,93,109)(H,94,113)(H,95,116)(H,96,110)(H,103,104)(H,117,118)/t44-,49+,50+,51+,52+,53+,54+,55+,56+,57+,58+,59+,60+,65+/m1/s1. The van der Waals surface area contributed by atoms with Gasteiger partial charge in [-0.3, -0.25) is 76.7 Å². The predicted molar refractivity (Wildman–Crippen MR) is 430 cm³/mol. The highest BCUT2D eigenvalue weighted by Crippen LogP contribution is 2.19. The van der Waals surface area contributed by atoms with E-state index < -0.39 is 248 Å². The van der Waals surface area contributed by atoms with Gasteiger partial charge in [0.15, 0.2) is 0 Å². The summed E-state index contributed by atoms with van der Waals surface area (Å²) in [5.41, 5.74) is 34.9. The minimum Gasteiger partial charge on any atom is -0.508 e. The summed E-state index contributed by atoms with van der Waals surface area (Å²) in [6.45, 7) is 15.2. The molecule has 0 unspecified atom stereocenters. The van der Waals surface area contributed by atoms with E-state index in [0.29, 0.717) is 24.0 Å². The first-order valence-corrected chi connectivity index (χ1v) is 39.7. The number of carboxylic acid groups (broad SMARTS) is 2. The first kappa shape index (κ1) is 103. The number of aromatic hydroxyl groups is 2. The largest absolute Gasteiger partial charge is 0.508 e. The number of rotatable bonds is 58. The van der Waals surface area contributed by atoms with Crippen LogP contribution in [0.25, 0.3) is 0 Å². The van der Waals surface area contributed by atoms with Gasteiger partial charge in [0.1, 0.15) is 84.0 Å². The molecule has 660 valence electrons. The summed E-state index contributed by atoms with van der Waals surface area (Å²) in [6.07, 6.45) is -5.98. The number of carbonyl (C=O) groups is 17. The average molecular weight is 1670 g/mol. The van der Waals surface area contributed by atoms with Crippen LogP contribution in [0, 0.1) is 23.7 Å². The number of nitrogens with two attached hydrogens (primary N) is 6. The number of carboxylic acids is 2. The highest BCUT2D eigenvalue weighted by molar-refractivity contribution is 6.00. The normalized spacial score (nSPS) is 14.9. The van der Waals surface area contributed by atoms with E-state index in [9.17, 15) is 107 Å². The van der Waals surface area contributed by atoms with Crippen LogP contribution in [0.2, 0.25) is 0 Å². The lowest BCUT2D eigenvalue weighted by atomic mass is 9.99. The Morgan fingerprint density at radius 1 is 0.314 bits per heavy atom. The topological polar surface area (TPSA) is 692 Å².